The molecule has 0 radical (unpaired) electrons. The fourth-order valence-corrected chi connectivity index (χ4v) is 4.69. The van der Waals surface area contributed by atoms with Gasteiger partial charge in [0.1, 0.15) is 15.9 Å². The summed E-state index contributed by atoms with van der Waals surface area (Å²) in [6.07, 6.45) is 1.64. The SMILES string of the molecule is O=C(c1csc2c(=O)[nH]c(-c3ccccn3)nc12)N1CCN(c2ccc(Cl)cc2)CC1. The highest BCUT2D eigenvalue weighted by molar-refractivity contribution is 7.17. The summed E-state index contributed by atoms with van der Waals surface area (Å²) in [5.74, 6) is 0.255. The van der Waals surface area contributed by atoms with Gasteiger partial charge in [-0.3, -0.25) is 14.6 Å². The summed E-state index contributed by atoms with van der Waals surface area (Å²) in [7, 11) is 0. The Hall–Kier alpha value is -3.23. The number of piperazine rings is 1. The molecular weight excluding hydrogens is 434 g/mol. The number of hydrogen-bond donors (Lipinski definition) is 1. The third-order valence-electron chi connectivity index (χ3n) is 5.32. The number of carbonyl (C=O) groups is 1. The topological polar surface area (TPSA) is 82.2 Å². The second-order valence-corrected chi connectivity index (χ2v) is 8.53. The van der Waals surface area contributed by atoms with Crippen molar-refractivity contribution >= 4 is 44.7 Å². The van der Waals surface area contributed by atoms with E-state index in [1.165, 1.54) is 11.3 Å². The van der Waals surface area contributed by atoms with E-state index in [1.807, 2.05) is 35.2 Å². The minimum absolute atomic E-state index is 0.105. The average Bonchev–Trinajstić information content (AvgIpc) is 3.24. The largest absolute Gasteiger partial charge is 0.368 e. The zero-order chi connectivity index (χ0) is 21.4. The first-order chi connectivity index (χ1) is 15.1. The van der Waals surface area contributed by atoms with Crippen molar-refractivity contribution in [1.29, 1.82) is 0 Å². The molecule has 0 atom stereocenters. The molecule has 1 aliphatic heterocycles. The Morgan fingerprint density at radius 1 is 1.06 bits per heavy atom. The van der Waals surface area contributed by atoms with Crippen molar-refractivity contribution in [2.45, 2.75) is 0 Å². The second-order valence-electron chi connectivity index (χ2n) is 7.21. The van der Waals surface area contributed by atoms with E-state index < -0.39 is 0 Å². The number of hydrogen-bond acceptors (Lipinski definition) is 6. The van der Waals surface area contributed by atoms with E-state index in [0.717, 1.165) is 18.8 Å². The number of fused-ring (bicyclic) bond motifs is 1. The molecule has 1 aliphatic rings. The molecule has 4 heterocycles. The first kappa shape index (κ1) is 19.7. The zero-order valence-corrected chi connectivity index (χ0v) is 18.0. The minimum Gasteiger partial charge on any atom is -0.368 e. The Balaban J connectivity index is 1.39. The van der Waals surface area contributed by atoms with Crippen LogP contribution >= 0.6 is 22.9 Å². The van der Waals surface area contributed by atoms with Gasteiger partial charge in [0.05, 0.1) is 5.56 Å². The number of amides is 1. The normalized spacial score (nSPS) is 14.2. The van der Waals surface area contributed by atoms with Crippen LogP contribution < -0.4 is 10.5 Å². The molecule has 0 spiro atoms. The van der Waals surface area contributed by atoms with Crippen molar-refractivity contribution in [3.8, 4) is 11.5 Å². The Morgan fingerprint density at radius 2 is 1.84 bits per heavy atom. The maximum atomic E-state index is 13.3. The zero-order valence-electron chi connectivity index (χ0n) is 16.4. The lowest BCUT2D eigenvalue weighted by Gasteiger charge is -2.36. The van der Waals surface area contributed by atoms with Gasteiger partial charge in [0.25, 0.3) is 11.5 Å². The smallest absolute Gasteiger partial charge is 0.269 e. The number of nitrogens with one attached hydrogen (secondary N) is 1. The lowest BCUT2D eigenvalue weighted by atomic mass is 10.2. The van der Waals surface area contributed by atoms with Crippen LogP contribution in [0.5, 0.6) is 0 Å². The summed E-state index contributed by atoms with van der Waals surface area (Å²) in [6.45, 7) is 2.63. The van der Waals surface area contributed by atoms with Crippen molar-refractivity contribution in [3.63, 3.8) is 0 Å². The number of aromatic amines is 1. The Bertz CT molecular complexity index is 1300. The van der Waals surface area contributed by atoms with Crippen molar-refractivity contribution in [2.24, 2.45) is 0 Å². The summed E-state index contributed by atoms with van der Waals surface area (Å²) in [6, 6.07) is 13.1. The molecule has 3 aromatic heterocycles. The molecule has 4 aromatic rings. The van der Waals surface area contributed by atoms with Gasteiger partial charge in [0.2, 0.25) is 0 Å². The lowest BCUT2D eigenvalue weighted by Crippen LogP contribution is -2.48. The van der Waals surface area contributed by atoms with Gasteiger partial charge in [0, 0.05) is 48.5 Å². The number of rotatable bonds is 3. The fourth-order valence-electron chi connectivity index (χ4n) is 3.69. The lowest BCUT2D eigenvalue weighted by molar-refractivity contribution is 0.0749. The number of carbonyl (C=O) groups excluding carboxylic acids is 1. The molecule has 1 aromatic carbocycles. The van der Waals surface area contributed by atoms with Crippen LogP contribution in [-0.2, 0) is 0 Å². The van der Waals surface area contributed by atoms with Crippen LogP contribution in [0.4, 0.5) is 5.69 Å². The molecule has 9 heteroatoms. The van der Waals surface area contributed by atoms with Crippen LogP contribution in [0.25, 0.3) is 21.7 Å². The summed E-state index contributed by atoms with van der Waals surface area (Å²) in [4.78, 5) is 41.4. The first-order valence-corrected chi connectivity index (χ1v) is 11.1. The van der Waals surface area contributed by atoms with Crippen LogP contribution in [0.15, 0.2) is 58.8 Å². The first-order valence-electron chi connectivity index (χ1n) is 9.83. The van der Waals surface area contributed by atoms with Gasteiger partial charge >= 0.3 is 0 Å². The van der Waals surface area contributed by atoms with E-state index in [9.17, 15) is 9.59 Å². The molecular formula is C22H18ClN5O2S. The van der Waals surface area contributed by atoms with Crippen LogP contribution in [0.3, 0.4) is 0 Å². The van der Waals surface area contributed by atoms with E-state index in [4.69, 9.17) is 11.6 Å². The van der Waals surface area contributed by atoms with Gasteiger partial charge in [-0.05, 0) is 36.4 Å². The van der Waals surface area contributed by atoms with E-state index in [-0.39, 0.29) is 11.5 Å². The number of anilines is 1. The molecule has 1 N–H and O–H groups in total. The molecule has 0 bridgehead atoms. The maximum absolute atomic E-state index is 13.3. The van der Waals surface area contributed by atoms with E-state index in [2.05, 4.69) is 19.9 Å². The van der Waals surface area contributed by atoms with Gasteiger partial charge in [0.15, 0.2) is 5.82 Å². The molecule has 0 aliphatic carbocycles. The quantitative estimate of drug-likeness (QED) is 0.514. The summed E-state index contributed by atoms with van der Waals surface area (Å²) in [5, 5.41) is 2.43. The van der Waals surface area contributed by atoms with Gasteiger partial charge < -0.3 is 14.8 Å². The van der Waals surface area contributed by atoms with E-state index >= 15 is 0 Å². The summed E-state index contributed by atoms with van der Waals surface area (Å²) >= 11 is 7.22. The number of pyridine rings is 1. The standard InChI is InChI=1S/C22H18ClN5O2S/c23-14-4-6-15(7-5-14)27-9-11-28(12-10-27)22(30)16-13-31-19-18(16)25-20(26-21(19)29)17-3-1-2-8-24-17/h1-8,13H,9-12H2,(H,25,26,29). The van der Waals surface area contributed by atoms with Crippen molar-refractivity contribution in [2.75, 3.05) is 31.1 Å². The number of H-pyrrole nitrogens is 1. The maximum Gasteiger partial charge on any atom is 0.269 e. The second kappa shape index (κ2) is 8.13. The predicted octanol–water partition coefficient (Wildman–Crippen LogP) is 3.66. The molecule has 156 valence electrons. The third-order valence-corrected chi connectivity index (χ3v) is 6.54. The molecule has 31 heavy (non-hydrogen) atoms. The molecule has 1 saturated heterocycles. The highest BCUT2D eigenvalue weighted by atomic mass is 35.5. The van der Waals surface area contributed by atoms with Gasteiger partial charge in [-0.1, -0.05) is 17.7 Å². The molecule has 7 nitrogen and oxygen atoms in total. The Morgan fingerprint density at radius 3 is 2.55 bits per heavy atom. The Labute approximate surface area is 186 Å². The number of aromatic nitrogens is 3. The van der Waals surface area contributed by atoms with Crippen LogP contribution in [0.2, 0.25) is 5.02 Å². The Kier molecular flexibility index (Phi) is 5.17. The van der Waals surface area contributed by atoms with E-state index in [0.29, 0.717) is 45.4 Å². The number of halogens is 1. The molecule has 0 unspecified atom stereocenters. The fraction of sp³-hybridized carbons (Fsp3) is 0.182. The average molecular weight is 452 g/mol. The van der Waals surface area contributed by atoms with Crippen LogP contribution in [0, 0.1) is 0 Å². The molecule has 1 fully saturated rings. The monoisotopic (exact) mass is 451 g/mol. The highest BCUT2D eigenvalue weighted by Crippen LogP contribution is 2.26. The highest BCUT2D eigenvalue weighted by Gasteiger charge is 2.26. The van der Waals surface area contributed by atoms with Crippen molar-refractivity contribution in [1.82, 2.24) is 19.9 Å². The van der Waals surface area contributed by atoms with Crippen LogP contribution in [-0.4, -0.2) is 51.9 Å². The van der Waals surface area contributed by atoms with Crippen LogP contribution in [0.1, 0.15) is 10.4 Å². The van der Waals surface area contributed by atoms with E-state index in [1.54, 1.807) is 23.7 Å². The minimum atomic E-state index is -0.262. The molecule has 1 amide bonds. The summed E-state index contributed by atoms with van der Waals surface area (Å²) < 4.78 is 0.447. The van der Waals surface area contributed by atoms with Crippen molar-refractivity contribution in [3.05, 3.63) is 75.0 Å². The van der Waals surface area contributed by atoms with Gasteiger partial charge in [-0.2, -0.15) is 0 Å². The molecule has 0 saturated carbocycles. The van der Waals surface area contributed by atoms with Gasteiger partial charge in [-0.25, -0.2) is 4.98 Å². The predicted molar refractivity (Wildman–Crippen MR) is 123 cm³/mol. The van der Waals surface area contributed by atoms with Crippen molar-refractivity contribution < 1.29 is 4.79 Å². The number of benzene rings is 1. The van der Waals surface area contributed by atoms with Gasteiger partial charge in [-0.15, -0.1) is 11.3 Å². The number of thiophene rings is 1. The summed E-state index contributed by atoms with van der Waals surface area (Å²) in [5.41, 5.74) is 2.28. The third kappa shape index (κ3) is 3.80. The number of nitrogens with zero attached hydrogens (tertiary/aromatic N) is 4. The molecule has 5 rings (SSSR count).